The molecule has 0 aliphatic heterocycles. The van der Waals surface area contributed by atoms with E-state index in [2.05, 4.69) is 25.7 Å². The lowest BCUT2D eigenvalue weighted by atomic mass is 10.2. The van der Waals surface area contributed by atoms with E-state index in [1.165, 1.54) is 19.3 Å². The Morgan fingerprint density at radius 2 is 1.83 bits per heavy atom. The summed E-state index contributed by atoms with van der Waals surface area (Å²) in [6.07, 6.45) is 3.83. The van der Waals surface area contributed by atoms with E-state index < -0.39 is 0 Å². The average Bonchev–Trinajstić information content (AvgIpc) is 2.03. The first-order valence-corrected chi connectivity index (χ1v) is 5.07. The molecule has 0 radical (unpaired) electrons. The molecule has 0 fully saturated rings. The van der Waals surface area contributed by atoms with Crippen LogP contribution in [0.4, 0.5) is 0 Å². The third-order valence-corrected chi connectivity index (χ3v) is 2.17. The summed E-state index contributed by atoms with van der Waals surface area (Å²) in [5.74, 6) is 0. The molecule has 0 aromatic carbocycles. The second kappa shape index (κ2) is 7.56. The molecule has 2 nitrogen and oxygen atoms in total. The smallest absolute Gasteiger partial charge is 0.0558 e. The maximum absolute atomic E-state index is 8.80. The van der Waals surface area contributed by atoms with Crippen LogP contribution in [0, 0.1) is 0 Å². The summed E-state index contributed by atoms with van der Waals surface area (Å²) in [6, 6.07) is 0.564. The van der Waals surface area contributed by atoms with E-state index in [1.807, 2.05) is 0 Å². The van der Waals surface area contributed by atoms with Crippen molar-refractivity contribution in [2.75, 3.05) is 19.7 Å². The highest BCUT2D eigenvalue weighted by Gasteiger charge is 2.06. The predicted octanol–water partition coefficient (Wildman–Crippen LogP) is 1.88. The zero-order valence-electron chi connectivity index (χ0n) is 8.71. The van der Waals surface area contributed by atoms with E-state index in [9.17, 15) is 0 Å². The van der Waals surface area contributed by atoms with E-state index >= 15 is 0 Å². The Hall–Kier alpha value is -0.0800. The van der Waals surface area contributed by atoms with Gasteiger partial charge < -0.3 is 5.11 Å². The van der Waals surface area contributed by atoms with Crippen LogP contribution in [-0.2, 0) is 0 Å². The molecule has 0 saturated heterocycles. The number of hydrogen-bond acceptors (Lipinski definition) is 2. The molecule has 0 rings (SSSR count). The molecule has 0 aromatic heterocycles. The standard InChI is InChI=1S/C10H23NO/c1-4-5-6-7-11(8-9-12)10(2)3/h10,12H,4-9H2,1-3H3. The van der Waals surface area contributed by atoms with E-state index in [1.54, 1.807) is 0 Å². The molecule has 0 aromatic rings. The van der Waals surface area contributed by atoms with Crippen LogP contribution < -0.4 is 0 Å². The summed E-state index contributed by atoms with van der Waals surface area (Å²) in [5.41, 5.74) is 0. The Morgan fingerprint density at radius 1 is 1.17 bits per heavy atom. The average molecular weight is 173 g/mol. The molecule has 0 amide bonds. The summed E-state index contributed by atoms with van der Waals surface area (Å²) < 4.78 is 0. The Balaban J connectivity index is 3.49. The lowest BCUT2D eigenvalue weighted by Gasteiger charge is -2.25. The SMILES string of the molecule is CCCCCN(CCO)C(C)C. The molecule has 0 heterocycles. The summed E-state index contributed by atoms with van der Waals surface area (Å²) in [4.78, 5) is 2.33. The zero-order chi connectivity index (χ0) is 9.40. The number of aliphatic hydroxyl groups excluding tert-OH is 1. The molecule has 0 unspecified atom stereocenters. The first kappa shape index (κ1) is 11.9. The number of hydrogen-bond donors (Lipinski definition) is 1. The first-order chi connectivity index (χ1) is 5.72. The summed E-state index contributed by atoms with van der Waals surface area (Å²) in [5, 5.41) is 8.80. The lowest BCUT2D eigenvalue weighted by Crippen LogP contribution is -2.34. The van der Waals surface area contributed by atoms with Crippen LogP contribution in [0.25, 0.3) is 0 Å². The fraction of sp³-hybridized carbons (Fsp3) is 1.00. The topological polar surface area (TPSA) is 23.5 Å². The maximum atomic E-state index is 8.80. The molecule has 1 N–H and O–H groups in total. The van der Waals surface area contributed by atoms with Gasteiger partial charge in [-0.2, -0.15) is 0 Å². The van der Waals surface area contributed by atoms with Gasteiger partial charge in [0.25, 0.3) is 0 Å². The number of rotatable bonds is 7. The first-order valence-electron chi connectivity index (χ1n) is 5.07. The molecule has 0 saturated carbocycles. The van der Waals surface area contributed by atoms with Gasteiger partial charge in [0, 0.05) is 12.6 Å². The second-order valence-corrected chi connectivity index (χ2v) is 3.56. The van der Waals surface area contributed by atoms with Crippen molar-refractivity contribution in [1.82, 2.24) is 4.90 Å². The lowest BCUT2D eigenvalue weighted by molar-refractivity contribution is 0.163. The molecule has 0 spiro atoms. The van der Waals surface area contributed by atoms with Crippen LogP contribution in [0.1, 0.15) is 40.0 Å². The minimum Gasteiger partial charge on any atom is -0.395 e. The third-order valence-electron chi connectivity index (χ3n) is 2.17. The molecule has 0 atom stereocenters. The van der Waals surface area contributed by atoms with Gasteiger partial charge in [-0.05, 0) is 26.8 Å². The van der Waals surface area contributed by atoms with Crippen LogP contribution in [0.15, 0.2) is 0 Å². The second-order valence-electron chi connectivity index (χ2n) is 3.56. The number of nitrogens with zero attached hydrogens (tertiary/aromatic N) is 1. The normalized spacial score (nSPS) is 11.5. The van der Waals surface area contributed by atoms with Crippen molar-refractivity contribution >= 4 is 0 Å². The summed E-state index contributed by atoms with van der Waals surface area (Å²) in [6.45, 7) is 8.81. The van der Waals surface area contributed by atoms with Gasteiger partial charge in [-0.15, -0.1) is 0 Å². The molecule has 74 valence electrons. The van der Waals surface area contributed by atoms with Gasteiger partial charge in [0.05, 0.1) is 6.61 Å². The van der Waals surface area contributed by atoms with Gasteiger partial charge in [-0.3, -0.25) is 4.90 Å². The summed E-state index contributed by atoms with van der Waals surface area (Å²) >= 11 is 0. The Bertz CT molecular complexity index is 93.8. The van der Waals surface area contributed by atoms with Gasteiger partial charge in [-0.1, -0.05) is 19.8 Å². The highest BCUT2D eigenvalue weighted by atomic mass is 16.3. The number of unbranched alkanes of at least 4 members (excludes halogenated alkanes) is 2. The Morgan fingerprint density at radius 3 is 2.25 bits per heavy atom. The third kappa shape index (κ3) is 5.56. The van der Waals surface area contributed by atoms with Crippen molar-refractivity contribution in [1.29, 1.82) is 0 Å². The maximum Gasteiger partial charge on any atom is 0.0558 e. The minimum absolute atomic E-state index is 0.282. The predicted molar refractivity (Wildman–Crippen MR) is 53.3 cm³/mol. The van der Waals surface area contributed by atoms with Crippen LogP contribution in [0.3, 0.4) is 0 Å². The molecule has 0 aliphatic carbocycles. The van der Waals surface area contributed by atoms with Crippen LogP contribution in [0.2, 0.25) is 0 Å². The molecule has 12 heavy (non-hydrogen) atoms. The van der Waals surface area contributed by atoms with Crippen molar-refractivity contribution in [3.63, 3.8) is 0 Å². The fourth-order valence-electron chi connectivity index (χ4n) is 1.32. The largest absolute Gasteiger partial charge is 0.395 e. The van der Waals surface area contributed by atoms with E-state index in [4.69, 9.17) is 5.11 Å². The molecule has 2 heteroatoms. The van der Waals surface area contributed by atoms with Gasteiger partial charge in [-0.25, -0.2) is 0 Å². The van der Waals surface area contributed by atoms with E-state index in [0.717, 1.165) is 13.1 Å². The van der Waals surface area contributed by atoms with Gasteiger partial charge in [0.1, 0.15) is 0 Å². The van der Waals surface area contributed by atoms with Crippen LogP contribution in [0.5, 0.6) is 0 Å². The van der Waals surface area contributed by atoms with Crippen LogP contribution >= 0.6 is 0 Å². The highest BCUT2D eigenvalue weighted by Crippen LogP contribution is 2.02. The quantitative estimate of drug-likeness (QED) is 0.594. The Labute approximate surface area is 76.6 Å². The Kier molecular flexibility index (Phi) is 7.51. The monoisotopic (exact) mass is 173 g/mol. The zero-order valence-corrected chi connectivity index (χ0v) is 8.71. The van der Waals surface area contributed by atoms with Crippen molar-refractivity contribution in [3.8, 4) is 0 Å². The molecule has 0 aliphatic rings. The minimum atomic E-state index is 0.282. The number of aliphatic hydroxyl groups is 1. The van der Waals surface area contributed by atoms with E-state index in [0.29, 0.717) is 6.04 Å². The van der Waals surface area contributed by atoms with E-state index in [-0.39, 0.29) is 6.61 Å². The van der Waals surface area contributed by atoms with Gasteiger partial charge >= 0.3 is 0 Å². The molecule has 0 bridgehead atoms. The van der Waals surface area contributed by atoms with Crippen molar-refractivity contribution < 1.29 is 5.11 Å². The van der Waals surface area contributed by atoms with Crippen molar-refractivity contribution in [3.05, 3.63) is 0 Å². The highest BCUT2D eigenvalue weighted by molar-refractivity contribution is 4.61. The van der Waals surface area contributed by atoms with Crippen molar-refractivity contribution in [2.45, 2.75) is 46.1 Å². The fourth-order valence-corrected chi connectivity index (χ4v) is 1.32. The summed E-state index contributed by atoms with van der Waals surface area (Å²) in [7, 11) is 0. The molecular weight excluding hydrogens is 150 g/mol. The van der Waals surface area contributed by atoms with Crippen molar-refractivity contribution in [2.24, 2.45) is 0 Å². The van der Waals surface area contributed by atoms with Crippen LogP contribution in [-0.4, -0.2) is 35.7 Å². The van der Waals surface area contributed by atoms with Gasteiger partial charge in [0.15, 0.2) is 0 Å². The molecular formula is C10H23NO. The van der Waals surface area contributed by atoms with Gasteiger partial charge in [0.2, 0.25) is 0 Å².